The van der Waals surface area contributed by atoms with Crippen LogP contribution in [0.2, 0.25) is 5.02 Å². The number of carbonyl (C=O) groups is 2. The molecular weight excluding hydrogens is 562 g/mol. The summed E-state index contributed by atoms with van der Waals surface area (Å²) in [4.78, 5) is 29.0. The molecule has 0 unspecified atom stereocenters. The highest BCUT2D eigenvalue weighted by molar-refractivity contribution is 7.92. The summed E-state index contributed by atoms with van der Waals surface area (Å²) in [5.74, 6) is -0.375. The third-order valence-corrected chi connectivity index (χ3v) is 8.92. The second-order valence-electron chi connectivity index (χ2n) is 9.92. The molecule has 10 heteroatoms. The second-order valence-corrected chi connectivity index (χ2v) is 12.2. The number of ether oxygens (including phenoxy) is 1. The molecule has 2 atom stereocenters. The summed E-state index contributed by atoms with van der Waals surface area (Å²) in [6, 6.07) is 19.1. The maximum Gasteiger partial charge on any atom is 0.264 e. The van der Waals surface area contributed by atoms with Gasteiger partial charge >= 0.3 is 0 Å². The van der Waals surface area contributed by atoms with Gasteiger partial charge in [0.05, 0.1) is 17.7 Å². The van der Waals surface area contributed by atoms with E-state index in [0.29, 0.717) is 17.2 Å². The second kappa shape index (κ2) is 14.4. The molecule has 0 aromatic heterocycles. The summed E-state index contributed by atoms with van der Waals surface area (Å²) in [6.45, 7) is 7.12. The number of nitrogens with zero attached hydrogens (tertiary/aromatic N) is 2. The van der Waals surface area contributed by atoms with Gasteiger partial charge in [0, 0.05) is 23.7 Å². The minimum absolute atomic E-state index is 0.0459. The molecule has 0 aliphatic heterocycles. The first kappa shape index (κ1) is 32.0. The van der Waals surface area contributed by atoms with Gasteiger partial charge in [-0.05, 0) is 68.7 Å². The number of halogens is 1. The van der Waals surface area contributed by atoms with Crippen molar-refractivity contribution in [3.63, 3.8) is 0 Å². The molecular formula is C31H38ClN3O5S. The Balaban J connectivity index is 2.07. The van der Waals surface area contributed by atoms with Crippen LogP contribution in [0.15, 0.2) is 77.7 Å². The minimum Gasteiger partial charge on any atom is -0.497 e. The third kappa shape index (κ3) is 8.24. The molecule has 220 valence electrons. The first-order chi connectivity index (χ1) is 19.5. The zero-order valence-electron chi connectivity index (χ0n) is 24.1. The van der Waals surface area contributed by atoms with E-state index in [4.69, 9.17) is 16.3 Å². The van der Waals surface area contributed by atoms with E-state index >= 15 is 0 Å². The van der Waals surface area contributed by atoms with Crippen LogP contribution in [0.25, 0.3) is 0 Å². The van der Waals surface area contributed by atoms with Gasteiger partial charge in [0.2, 0.25) is 11.8 Å². The maximum absolute atomic E-state index is 14.1. The number of hydrogen-bond acceptors (Lipinski definition) is 5. The normalized spacial score (nSPS) is 12.7. The zero-order chi connectivity index (χ0) is 30.2. The summed E-state index contributed by atoms with van der Waals surface area (Å²) in [5, 5.41) is 3.51. The molecule has 0 aliphatic rings. The van der Waals surface area contributed by atoms with Crippen LogP contribution < -0.4 is 14.4 Å². The lowest BCUT2D eigenvalue weighted by Crippen LogP contribution is -2.53. The number of benzene rings is 3. The smallest absolute Gasteiger partial charge is 0.264 e. The van der Waals surface area contributed by atoms with Crippen molar-refractivity contribution < 1.29 is 22.7 Å². The molecule has 0 radical (unpaired) electrons. The number of hydrogen-bond donors (Lipinski definition) is 1. The fourth-order valence-electron chi connectivity index (χ4n) is 4.28. The molecule has 3 aromatic carbocycles. The van der Waals surface area contributed by atoms with Crippen LogP contribution in [-0.4, -0.2) is 50.9 Å². The standard InChI is InChI=1S/C31H38ClN3O5S/c1-6-23(4)33-31(37)29(7-2)34(20-24-13-15-25(32)16-14-24)30(36)21-35(26-9-8-10-27(19-26)40-5)41(38,39)28-17-11-22(3)12-18-28/h8-19,23,29H,6-7,20-21H2,1-5H3,(H,33,37)/t23-,29-/m1/s1. The molecule has 2 amide bonds. The number of carbonyl (C=O) groups excluding carboxylic acids is 2. The van der Waals surface area contributed by atoms with Gasteiger partial charge in [0.15, 0.2) is 0 Å². The Morgan fingerprint density at radius 1 is 0.976 bits per heavy atom. The van der Waals surface area contributed by atoms with E-state index in [0.717, 1.165) is 21.9 Å². The Hall–Kier alpha value is -3.56. The number of rotatable bonds is 13. The maximum atomic E-state index is 14.1. The molecule has 3 aromatic rings. The van der Waals surface area contributed by atoms with Crippen molar-refractivity contribution in [1.29, 1.82) is 0 Å². The van der Waals surface area contributed by atoms with Gasteiger partial charge in [-0.25, -0.2) is 8.42 Å². The van der Waals surface area contributed by atoms with Crippen LogP contribution in [0, 0.1) is 6.92 Å². The fourth-order valence-corrected chi connectivity index (χ4v) is 5.81. The molecule has 41 heavy (non-hydrogen) atoms. The summed E-state index contributed by atoms with van der Waals surface area (Å²) < 4.78 is 34.4. The molecule has 0 spiro atoms. The number of aryl methyl sites for hydroxylation is 1. The number of sulfonamides is 1. The summed E-state index contributed by atoms with van der Waals surface area (Å²) >= 11 is 6.08. The lowest BCUT2D eigenvalue weighted by molar-refractivity contribution is -0.140. The number of anilines is 1. The number of methoxy groups -OCH3 is 1. The first-order valence-corrected chi connectivity index (χ1v) is 15.4. The van der Waals surface area contributed by atoms with Crippen LogP contribution in [0.5, 0.6) is 5.75 Å². The Bertz CT molecular complexity index is 1430. The van der Waals surface area contributed by atoms with Gasteiger partial charge in [-0.1, -0.05) is 61.3 Å². The molecule has 0 fully saturated rings. The first-order valence-electron chi connectivity index (χ1n) is 13.6. The lowest BCUT2D eigenvalue weighted by atomic mass is 10.1. The van der Waals surface area contributed by atoms with Gasteiger partial charge in [0.25, 0.3) is 10.0 Å². The predicted molar refractivity (Wildman–Crippen MR) is 163 cm³/mol. The zero-order valence-corrected chi connectivity index (χ0v) is 25.7. The van der Waals surface area contributed by atoms with Crippen molar-refractivity contribution >= 4 is 39.1 Å². The topological polar surface area (TPSA) is 96.0 Å². The van der Waals surface area contributed by atoms with E-state index in [1.165, 1.54) is 24.1 Å². The molecule has 1 N–H and O–H groups in total. The molecule has 0 aliphatic carbocycles. The van der Waals surface area contributed by atoms with Crippen molar-refractivity contribution in [2.75, 3.05) is 18.0 Å². The van der Waals surface area contributed by atoms with Crippen molar-refractivity contribution in [2.24, 2.45) is 0 Å². The third-order valence-electron chi connectivity index (χ3n) is 6.88. The van der Waals surface area contributed by atoms with Crippen molar-refractivity contribution in [2.45, 2.75) is 64.1 Å². The Morgan fingerprint density at radius 3 is 2.22 bits per heavy atom. The monoisotopic (exact) mass is 599 g/mol. The summed E-state index contributed by atoms with van der Waals surface area (Å²) in [7, 11) is -2.68. The predicted octanol–water partition coefficient (Wildman–Crippen LogP) is 5.57. The lowest BCUT2D eigenvalue weighted by Gasteiger charge is -2.33. The van der Waals surface area contributed by atoms with Gasteiger partial charge in [0.1, 0.15) is 18.3 Å². The summed E-state index contributed by atoms with van der Waals surface area (Å²) in [6.07, 6.45) is 1.07. The highest BCUT2D eigenvalue weighted by atomic mass is 35.5. The van der Waals surface area contributed by atoms with Crippen LogP contribution in [-0.2, 0) is 26.2 Å². The Labute approximate surface area is 248 Å². The van der Waals surface area contributed by atoms with Gasteiger partial charge in [-0.3, -0.25) is 13.9 Å². The Morgan fingerprint density at radius 2 is 1.63 bits per heavy atom. The van der Waals surface area contributed by atoms with Crippen LogP contribution in [0.1, 0.15) is 44.7 Å². The molecule has 0 saturated carbocycles. The van der Waals surface area contributed by atoms with Crippen molar-refractivity contribution in [1.82, 2.24) is 10.2 Å². The molecule has 0 saturated heterocycles. The van der Waals surface area contributed by atoms with Crippen LogP contribution in [0.3, 0.4) is 0 Å². The number of amides is 2. The van der Waals surface area contributed by atoms with Gasteiger partial charge in [-0.2, -0.15) is 0 Å². The SMILES string of the molecule is CC[C@@H](C)NC(=O)[C@@H](CC)N(Cc1ccc(Cl)cc1)C(=O)CN(c1cccc(OC)c1)S(=O)(=O)c1ccc(C)cc1. The molecule has 0 bridgehead atoms. The molecule has 3 rings (SSSR count). The van der Waals surface area contributed by atoms with Gasteiger partial charge in [-0.15, -0.1) is 0 Å². The van der Waals surface area contributed by atoms with Crippen molar-refractivity contribution in [3.05, 3.63) is 88.9 Å². The summed E-state index contributed by atoms with van der Waals surface area (Å²) in [5.41, 5.74) is 1.92. The van der Waals surface area contributed by atoms with Crippen LogP contribution in [0.4, 0.5) is 5.69 Å². The highest BCUT2D eigenvalue weighted by Gasteiger charge is 2.34. The van der Waals surface area contributed by atoms with E-state index < -0.39 is 28.5 Å². The largest absolute Gasteiger partial charge is 0.497 e. The molecule has 8 nitrogen and oxygen atoms in total. The number of nitrogens with one attached hydrogen (secondary N) is 1. The Kier molecular flexibility index (Phi) is 11.2. The van der Waals surface area contributed by atoms with Crippen LogP contribution >= 0.6 is 11.6 Å². The van der Waals surface area contributed by atoms with E-state index in [2.05, 4.69) is 5.32 Å². The average molecular weight is 600 g/mol. The minimum atomic E-state index is -4.17. The van der Waals surface area contributed by atoms with E-state index in [-0.39, 0.29) is 29.1 Å². The molecule has 0 heterocycles. The highest BCUT2D eigenvalue weighted by Crippen LogP contribution is 2.28. The quantitative estimate of drug-likeness (QED) is 0.277. The van der Waals surface area contributed by atoms with E-state index in [1.54, 1.807) is 60.7 Å². The van der Waals surface area contributed by atoms with E-state index in [9.17, 15) is 18.0 Å². The van der Waals surface area contributed by atoms with Crippen molar-refractivity contribution in [3.8, 4) is 5.75 Å². The van der Waals surface area contributed by atoms with E-state index in [1.807, 2.05) is 27.7 Å². The average Bonchev–Trinajstić information content (AvgIpc) is 2.96. The van der Waals surface area contributed by atoms with Gasteiger partial charge < -0.3 is 15.0 Å². The fraction of sp³-hybridized carbons (Fsp3) is 0.355.